The second-order valence-electron chi connectivity index (χ2n) is 4.53. The monoisotopic (exact) mass is 382 g/mol. The fourth-order valence-electron chi connectivity index (χ4n) is 1.93. The molecular formula is C16H16Br2O. The second-order valence-corrected chi connectivity index (χ2v) is 6.49. The predicted octanol–water partition coefficient (Wildman–Crippen LogP) is 5.44. The van der Waals surface area contributed by atoms with Crippen molar-refractivity contribution in [3.63, 3.8) is 0 Å². The SMILES string of the molecule is COc1cccc(CC(Br)c2ccc(C)c(Br)c2)c1. The maximum absolute atomic E-state index is 5.25. The van der Waals surface area contributed by atoms with Crippen LogP contribution in [0.15, 0.2) is 46.9 Å². The topological polar surface area (TPSA) is 9.23 Å². The number of hydrogen-bond donors (Lipinski definition) is 0. The van der Waals surface area contributed by atoms with Crippen LogP contribution in [-0.2, 0) is 6.42 Å². The third-order valence-electron chi connectivity index (χ3n) is 3.11. The molecule has 0 bridgehead atoms. The van der Waals surface area contributed by atoms with Gasteiger partial charge in [-0.1, -0.05) is 56.1 Å². The quantitative estimate of drug-likeness (QED) is 0.638. The van der Waals surface area contributed by atoms with Gasteiger partial charge < -0.3 is 4.74 Å². The van der Waals surface area contributed by atoms with Gasteiger partial charge in [0.2, 0.25) is 0 Å². The first-order valence-corrected chi connectivity index (χ1v) is 7.84. The van der Waals surface area contributed by atoms with E-state index in [1.54, 1.807) is 7.11 Å². The molecule has 3 heteroatoms. The minimum absolute atomic E-state index is 0.302. The second kappa shape index (κ2) is 6.58. The highest BCUT2D eigenvalue weighted by atomic mass is 79.9. The van der Waals surface area contributed by atoms with Crippen LogP contribution in [0.2, 0.25) is 0 Å². The molecule has 19 heavy (non-hydrogen) atoms. The summed E-state index contributed by atoms with van der Waals surface area (Å²) in [5, 5.41) is 0. The first-order chi connectivity index (χ1) is 9.10. The summed E-state index contributed by atoms with van der Waals surface area (Å²) in [7, 11) is 1.70. The van der Waals surface area contributed by atoms with Crippen molar-refractivity contribution in [1.82, 2.24) is 0 Å². The highest BCUT2D eigenvalue weighted by molar-refractivity contribution is 9.10. The molecule has 0 amide bonds. The highest BCUT2D eigenvalue weighted by Gasteiger charge is 2.10. The summed E-state index contributed by atoms with van der Waals surface area (Å²) >= 11 is 7.35. The van der Waals surface area contributed by atoms with Crippen molar-refractivity contribution in [2.24, 2.45) is 0 Å². The van der Waals surface area contributed by atoms with E-state index in [4.69, 9.17) is 4.74 Å². The summed E-state index contributed by atoms with van der Waals surface area (Å²) < 4.78 is 6.41. The van der Waals surface area contributed by atoms with Crippen LogP contribution >= 0.6 is 31.9 Å². The molecule has 0 saturated carbocycles. The Morgan fingerprint density at radius 1 is 1.16 bits per heavy atom. The van der Waals surface area contributed by atoms with E-state index in [2.05, 4.69) is 69.1 Å². The third kappa shape index (κ3) is 3.83. The minimum atomic E-state index is 0.302. The molecule has 0 radical (unpaired) electrons. The van der Waals surface area contributed by atoms with Crippen molar-refractivity contribution in [1.29, 1.82) is 0 Å². The standard InChI is InChI=1S/C16H16Br2O/c1-11-6-7-13(10-15(11)17)16(18)9-12-4-3-5-14(8-12)19-2/h3-8,10,16H,9H2,1-2H3. The average Bonchev–Trinajstić information content (AvgIpc) is 2.42. The first-order valence-electron chi connectivity index (χ1n) is 6.13. The molecule has 1 nitrogen and oxygen atoms in total. The molecule has 0 heterocycles. The number of halogens is 2. The van der Waals surface area contributed by atoms with Crippen LogP contribution in [0.3, 0.4) is 0 Å². The van der Waals surface area contributed by atoms with Gasteiger partial charge in [0.1, 0.15) is 5.75 Å². The molecule has 0 aliphatic rings. The van der Waals surface area contributed by atoms with E-state index in [0.717, 1.165) is 16.6 Å². The van der Waals surface area contributed by atoms with Gasteiger partial charge in [0, 0.05) is 9.30 Å². The van der Waals surface area contributed by atoms with E-state index >= 15 is 0 Å². The van der Waals surface area contributed by atoms with Gasteiger partial charge in [-0.15, -0.1) is 0 Å². The molecule has 0 aliphatic carbocycles. The van der Waals surface area contributed by atoms with E-state index in [1.807, 2.05) is 12.1 Å². The minimum Gasteiger partial charge on any atom is -0.497 e. The Morgan fingerprint density at radius 2 is 1.95 bits per heavy atom. The van der Waals surface area contributed by atoms with Crippen molar-refractivity contribution < 1.29 is 4.74 Å². The van der Waals surface area contributed by atoms with Gasteiger partial charge in [-0.2, -0.15) is 0 Å². The zero-order valence-corrected chi connectivity index (χ0v) is 14.2. The van der Waals surface area contributed by atoms with E-state index in [1.165, 1.54) is 16.7 Å². The third-order valence-corrected chi connectivity index (χ3v) is 4.81. The molecule has 1 atom stereocenters. The Labute approximate surface area is 131 Å². The Kier molecular flexibility index (Phi) is 5.06. The summed E-state index contributed by atoms with van der Waals surface area (Å²) in [4.78, 5) is 0.302. The maximum Gasteiger partial charge on any atom is 0.119 e. The highest BCUT2D eigenvalue weighted by Crippen LogP contribution is 2.30. The number of aryl methyl sites for hydroxylation is 1. The lowest BCUT2D eigenvalue weighted by Crippen LogP contribution is -1.96. The number of ether oxygens (including phenoxy) is 1. The number of methoxy groups -OCH3 is 1. The van der Waals surface area contributed by atoms with E-state index in [-0.39, 0.29) is 0 Å². The van der Waals surface area contributed by atoms with Gasteiger partial charge in [-0.05, 0) is 48.2 Å². The molecule has 1 unspecified atom stereocenters. The van der Waals surface area contributed by atoms with E-state index in [0.29, 0.717) is 4.83 Å². The van der Waals surface area contributed by atoms with Gasteiger partial charge in [-0.25, -0.2) is 0 Å². The van der Waals surface area contributed by atoms with Gasteiger partial charge in [0.15, 0.2) is 0 Å². The van der Waals surface area contributed by atoms with Crippen molar-refractivity contribution in [3.05, 3.63) is 63.6 Å². The normalized spacial score (nSPS) is 12.2. The van der Waals surface area contributed by atoms with E-state index in [9.17, 15) is 0 Å². The lowest BCUT2D eigenvalue weighted by Gasteiger charge is -2.12. The first kappa shape index (κ1) is 14.6. The van der Waals surface area contributed by atoms with Crippen LogP contribution in [0.4, 0.5) is 0 Å². The summed E-state index contributed by atoms with van der Waals surface area (Å²) in [6.07, 6.45) is 0.937. The smallest absolute Gasteiger partial charge is 0.119 e. The molecule has 0 spiro atoms. The zero-order chi connectivity index (χ0) is 13.8. The van der Waals surface area contributed by atoms with Gasteiger partial charge in [0.05, 0.1) is 7.11 Å². The van der Waals surface area contributed by atoms with Crippen molar-refractivity contribution in [2.75, 3.05) is 7.11 Å². The number of benzene rings is 2. The molecule has 0 aromatic heterocycles. The number of alkyl halides is 1. The fraction of sp³-hybridized carbons (Fsp3) is 0.250. The van der Waals surface area contributed by atoms with Gasteiger partial charge in [0.25, 0.3) is 0 Å². The molecule has 0 aliphatic heterocycles. The van der Waals surface area contributed by atoms with Gasteiger partial charge in [-0.3, -0.25) is 0 Å². The maximum atomic E-state index is 5.25. The van der Waals surface area contributed by atoms with Crippen molar-refractivity contribution in [3.8, 4) is 5.75 Å². The number of hydrogen-bond acceptors (Lipinski definition) is 1. The lowest BCUT2D eigenvalue weighted by atomic mass is 10.0. The summed E-state index contributed by atoms with van der Waals surface area (Å²) in [6.45, 7) is 2.10. The van der Waals surface area contributed by atoms with Crippen molar-refractivity contribution >= 4 is 31.9 Å². The molecule has 100 valence electrons. The Morgan fingerprint density at radius 3 is 2.63 bits per heavy atom. The molecule has 0 N–H and O–H groups in total. The molecule has 2 rings (SSSR count). The average molecular weight is 384 g/mol. The van der Waals surface area contributed by atoms with Crippen LogP contribution in [0.5, 0.6) is 5.75 Å². The van der Waals surface area contributed by atoms with Crippen LogP contribution in [0, 0.1) is 6.92 Å². The lowest BCUT2D eigenvalue weighted by molar-refractivity contribution is 0.414. The van der Waals surface area contributed by atoms with Gasteiger partial charge >= 0.3 is 0 Å². The molecule has 0 saturated heterocycles. The van der Waals surface area contributed by atoms with Crippen LogP contribution in [0.25, 0.3) is 0 Å². The summed E-state index contributed by atoms with van der Waals surface area (Å²) in [6, 6.07) is 14.7. The Balaban J connectivity index is 2.15. The van der Waals surface area contributed by atoms with Crippen LogP contribution < -0.4 is 4.74 Å². The summed E-state index contributed by atoms with van der Waals surface area (Å²) in [5.74, 6) is 0.905. The fourth-order valence-corrected chi connectivity index (χ4v) is 2.98. The number of rotatable bonds is 4. The molecule has 2 aromatic carbocycles. The van der Waals surface area contributed by atoms with E-state index < -0.39 is 0 Å². The molecule has 0 fully saturated rings. The predicted molar refractivity (Wildman–Crippen MR) is 87.2 cm³/mol. The van der Waals surface area contributed by atoms with Crippen LogP contribution in [0.1, 0.15) is 21.5 Å². The molecule has 2 aromatic rings. The van der Waals surface area contributed by atoms with Crippen LogP contribution in [-0.4, -0.2) is 7.11 Å². The zero-order valence-electron chi connectivity index (χ0n) is 11.0. The largest absolute Gasteiger partial charge is 0.497 e. The molecular weight excluding hydrogens is 368 g/mol. The summed E-state index contributed by atoms with van der Waals surface area (Å²) in [5.41, 5.74) is 3.79. The Bertz CT molecular complexity index is 566. The Hall–Kier alpha value is -0.800. The van der Waals surface area contributed by atoms with Crippen molar-refractivity contribution in [2.45, 2.75) is 18.2 Å².